The zero-order valence-electron chi connectivity index (χ0n) is 7.46. The normalized spacial score (nSPS) is 57.0. The third-order valence-electron chi connectivity index (χ3n) is 3.46. The second-order valence-corrected chi connectivity index (χ2v) is 4.02. The smallest absolute Gasteiger partial charge is 0.147 e. The molecule has 2 rings (SSSR count). The van der Waals surface area contributed by atoms with Crippen LogP contribution in [0.25, 0.3) is 0 Å². The molecule has 5 nitrogen and oxygen atoms in total. The third kappa shape index (κ3) is 0.992. The average Bonchev–Trinajstić information content (AvgIpc) is 2.37. The highest BCUT2D eigenvalue weighted by Crippen LogP contribution is 2.41. The summed E-state index contributed by atoms with van der Waals surface area (Å²) in [5.41, 5.74) is -1.36. The summed E-state index contributed by atoms with van der Waals surface area (Å²) in [6, 6.07) is -0.247. The fourth-order valence-electron chi connectivity index (χ4n) is 2.46. The molecule has 0 amide bonds. The number of rotatable bonds is 0. The van der Waals surface area contributed by atoms with Crippen LogP contribution in [0.1, 0.15) is 12.8 Å². The molecule has 2 saturated heterocycles. The summed E-state index contributed by atoms with van der Waals surface area (Å²) in [6.45, 7) is 0. The molecule has 2 bridgehead atoms. The molecule has 2 aliphatic rings. The summed E-state index contributed by atoms with van der Waals surface area (Å²) in [5, 5.41) is 38.5. The second-order valence-electron chi connectivity index (χ2n) is 4.02. The Hall–Kier alpha value is -0.200. The van der Waals surface area contributed by atoms with Crippen molar-refractivity contribution in [1.82, 2.24) is 4.90 Å². The van der Waals surface area contributed by atoms with Crippen molar-refractivity contribution >= 4 is 0 Å². The first-order chi connectivity index (χ1) is 5.98. The van der Waals surface area contributed by atoms with E-state index < -0.39 is 24.0 Å². The van der Waals surface area contributed by atoms with Gasteiger partial charge >= 0.3 is 0 Å². The molecule has 2 aliphatic heterocycles. The van der Waals surface area contributed by atoms with E-state index in [0.29, 0.717) is 12.8 Å². The first-order valence-corrected chi connectivity index (χ1v) is 4.48. The molecule has 5 atom stereocenters. The standard InChI is InChI=1S/C8H15NO4/c1-9-4-2-3-8(9,13)7(12)6(11)5(4)10/h4-7,10-13H,2-3H2,1H3/t4?,5-,6+,7-,8-/m0/s1. The number of hydrogen-bond acceptors (Lipinski definition) is 5. The summed E-state index contributed by atoms with van der Waals surface area (Å²) in [7, 11) is 1.65. The van der Waals surface area contributed by atoms with Crippen LogP contribution in [-0.2, 0) is 0 Å². The molecular formula is C8H15NO4. The molecule has 5 heteroatoms. The first kappa shape index (κ1) is 9.36. The molecule has 0 saturated carbocycles. The molecule has 0 aromatic carbocycles. The average molecular weight is 189 g/mol. The van der Waals surface area contributed by atoms with Crippen molar-refractivity contribution in [3.63, 3.8) is 0 Å². The van der Waals surface area contributed by atoms with Crippen LogP contribution in [0, 0.1) is 0 Å². The molecule has 0 spiro atoms. The Labute approximate surface area is 76.2 Å². The van der Waals surface area contributed by atoms with Gasteiger partial charge in [-0.25, -0.2) is 0 Å². The summed E-state index contributed by atoms with van der Waals surface area (Å²) >= 11 is 0. The minimum absolute atomic E-state index is 0.247. The molecule has 2 fully saturated rings. The van der Waals surface area contributed by atoms with Crippen molar-refractivity contribution in [2.24, 2.45) is 0 Å². The van der Waals surface area contributed by atoms with Gasteiger partial charge in [0.25, 0.3) is 0 Å². The number of likely N-dealkylation sites (N-methyl/N-ethyl adjacent to an activating group) is 1. The Balaban J connectivity index is 2.34. The Morgan fingerprint density at radius 2 is 1.85 bits per heavy atom. The van der Waals surface area contributed by atoms with E-state index in [2.05, 4.69) is 0 Å². The lowest BCUT2D eigenvalue weighted by molar-refractivity contribution is -0.243. The summed E-state index contributed by atoms with van der Waals surface area (Å²) in [6.07, 6.45) is -2.51. The Morgan fingerprint density at radius 3 is 2.46 bits per heavy atom. The third-order valence-corrected chi connectivity index (χ3v) is 3.46. The van der Waals surface area contributed by atoms with Gasteiger partial charge in [0.1, 0.15) is 17.9 Å². The monoisotopic (exact) mass is 189 g/mol. The largest absolute Gasteiger partial charge is 0.389 e. The molecule has 0 aromatic heterocycles. The van der Waals surface area contributed by atoms with Crippen molar-refractivity contribution in [2.45, 2.75) is 42.9 Å². The van der Waals surface area contributed by atoms with Gasteiger partial charge in [-0.3, -0.25) is 4.90 Å². The maximum Gasteiger partial charge on any atom is 0.147 e. The summed E-state index contributed by atoms with van der Waals surface area (Å²) in [5.74, 6) is 0. The Morgan fingerprint density at radius 1 is 1.23 bits per heavy atom. The first-order valence-electron chi connectivity index (χ1n) is 4.48. The number of fused-ring (bicyclic) bond motifs is 2. The van der Waals surface area contributed by atoms with E-state index in [4.69, 9.17) is 0 Å². The van der Waals surface area contributed by atoms with Gasteiger partial charge < -0.3 is 20.4 Å². The van der Waals surface area contributed by atoms with E-state index in [1.807, 2.05) is 0 Å². The number of nitrogens with zero attached hydrogens (tertiary/aromatic N) is 1. The van der Waals surface area contributed by atoms with Gasteiger partial charge in [0, 0.05) is 6.04 Å². The van der Waals surface area contributed by atoms with Gasteiger partial charge in [-0.05, 0) is 19.9 Å². The zero-order valence-corrected chi connectivity index (χ0v) is 7.46. The minimum Gasteiger partial charge on any atom is -0.389 e. The van der Waals surface area contributed by atoms with Gasteiger partial charge in [0.05, 0.1) is 6.10 Å². The van der Waals surface area contributed by atoms with E-state index in [9.17, 15) is 20.4 Å². The molecule has 1 unspecified atom stereocenters. The molecule has 0 aliphatic carbocycles. The van der Waals surface area contributed by atoms with Crippen molar-refractivity contribution in [2.75, 3.05) is 7.05 Å². The van der Waals surface area contributed by atoms with Crippen LogP contribution in [0.5, 0.6) is 0 Å². The van der Waals surface area contributed by atoms with Crippen LogP contribution < -0.4 is 0 Å². The highest BCUT2D eigenvalue weighted by Gasteiger charge is 2.58. The van der Waals surface area contributed by atoms with Crippen LogP contribution in [0.4, 0.5) is 0 Å². The quantitative estimate of drug-likeness (QED) is 0.350. The lowest BCUT2D eigenvalue weighted by Crippen LogP contribution is -2.67. The Bertz CT molecular complexity index is 222. The van der Waals surface area contributed by atoms with E-state index in [-0.39, 0.29) is 6.04 Å². The fourth-order valence-corrected chi connectivity index (χ4v) is 2.46. The van der Waals surface area contributed by atoms with Gasteiger partial charge in [-0.15, -0.1) is 0 Å². The second kappa shape index (κ2) is 2.65. The van der Waals surface area contributed by atoms with Crippen LogP contribution in [0.2, 0.25) is 0 Å². The molecule has 0 radical (unpaired) electrons. The molecular weight excluding hydrogens is 174 g/mol. The Kier molecular flexibility index (Phi) is 1.91. The number of hydrogen-bond donors (Lipinski definition) is 4. The van der Waals surface area contributed by atoms with E-state index in [0.717, 1.165) is 0 Å². The van der Waals surface area contributed by atoms with Crippen LogP contribution in [0.3, 0.4) is 0 Å². The van der Waals surface area contributed by atoms with Crippen LogP contribution in [-0.4, -0.2) is 62.5 Å². The predicted octanol–water partition coefficient (Wildman–Crippen LogP) is -2.13. The summed E-state index contributed by atoms with van der Waals surface area (Å²) in [4.78, 5) is 1.55. The topological polar surface area (TPSA) is 84.2 Å². The lowest BCUT2D eigenvalue weighted by atomic mass is 9.92. The van der Waals surface area contributed by atoms with E-state index in [1.54, 1.807) is 11.9 Å². The number of aliphatic hydroxyl groups is 4. The van der Waals surface area contributed by atoms with Gasteiger partial charge in [0.15, 0.2) is 0 Å². The molecule has 13 heavy (non-hydrogen) atoms. The predicted molar refractivity (Wildman–Crippen MR) is 43.8 cm³/mol. The fraction of sp³-hybridized carbons (Fsp3) is 1.00. The SMILES string of the molecule is CN1C2CC[C@]1(O)[C@@H](O)[C@H](O)[C@H]2O. The summed E-state index contributed by atoms with van der Waals surface area (Å²) < 4.78 is 0. The maximum atomic E-state index is 9.95. The zero-order chi connectivity index (χ0) is 9.80. The van der Waals surface area contributed by atoms with Crippen LogP contribution in [0.15, 0.2) is 0 Å². The lowest BCUT2D eigenvalue weighted by Gasteiger charge is -2.46. The molecule has 2 heterocycles. The van der Waals surface area contributed by atoms with E-state index >= 15 is 0 Å². The minimum atomic E-state index is -1.36. The van der Waals surface area contributed by atoms with Gasteiger partial charge in [0.2, 0.25) is 0 Å². The number of aliphatic hydroxyl groups excluding tert-OH is 3. The van der Waals surface area contributed by atoms with Crippen molar-refractivity contribution in [3.8, 4) is 0 Å². The maximum absolute atomic E-state index is 9.95. The van der Waals surface area contributed by atoms with E-state index in [1.165, 1.54) is 0 Å². The molecule has 4 N–H and O–H groups in total. The highest BCUT2D eigenvalue weighted by atomic mass is 16.4. The van der Waals surface area contributed by atoms with Gasteiger partial charge in [-0.1, -0.05) is 0 Å². The highest BCUT2D eigenvalue weighted by molar-refractivity contribution is 5.08. The molecule has 0 aromatic rings. The van der Waals surface area contributed by atoms with Gasteiger partial charge in [-0.2, -0.15) is 0 Å². The molecule has 76 valence electrons. The number of piperidine rings is 1. The van der Waals surface area contributed by atoms with Crippen molar-refractivity contribution in [1.29, 1.82) is 0 Å². The van der Waals surface area contributed by atoms with Crippen molar-refractivity contribution in [3.05, 3.63) is 0 Å². The van der Waals surface area contributed by atoms with Crippen molar-refractivity contribution < 1.29 is 20.4 Å². The van der Waals surface area contributed by atoms with Crippen LogP contribution >= 0.6 is 0 Å².